The van der Waals surface area contributed by atoms with E-state index in [9.17, 15) is 0 Å². The Hall–Kier alpha value is -6.74. The Labute approximate surface area is 317 Å². The lowest BCUT2D eigenvalue weighted by Gasteiger charge is -2.28. The second-order valence-electron chi connectivity index (χ2n) is 14.1. The van der Waals surface area contributed by atoms with Gasteiger partial charge in [-0.15, -0.1) is 11.3 Å². The van der Waals surface area contributed by atoms with Gasteiger partial charge in [0.25, 0.3) is 0 Å². The van der Waals surface area contributed by atoms with Crippen LogP contribution in [-0.4, -0.2) is 0 Å². The molecule has 0 aliphatic heterocycles. The van der Waals surface area contributed by atoms with Crippen molar-refractivity contribution in [1.82, 2.24) is 0 Å². The van der Waals surface area contributed by atoms with Gasteiger partial charge in [-0.2, -0.15) is 0 Å². The summed E-state index contributed by atoms with van der Waals surface area (Å²) in [4.78, 5) is 2.47. The molecule has 0 aliphatic carbocycles. The molecule has 0 fully saturated rings. The number of thiophene rings is 1. The third-order valence-corrected chi connectivity index (χ3v) is 12.2. The van der Waals surface area contributed by atoms with Gasteiger partial charge < -0.3 is 4.90 Å². The Morgan fingerprint density at radius 2 is 0.907 bits per heavy atom. The summed E-state index contributed by atoms with van der Waals surface area (Å²) in [6.45, 7) is 0. The minimum atomic E-state index is 1.12. The number of benzene rings is 10. The fourth-order valence-electron chi connectivity index (χ4n) is 8.48. The van der Waals surface area contributed by atoms with E-state index in [0.29, 0.717) is 0 Å². The molecule has 11 rings (SSSR count). The van der Waals surface area contributed by atoms with Gasteiger partial charge >= 0.3 is 0 Å². The molecule has 0 unspecified atom stereocenters. The molecule has 0 amide bonds. The van der Waals surface area contributed by atoms with Crippen molar-refractivity contribution in [2.75, 3.05) is 4.90 Å². The molecule has 0 bridgehead atoms. The summed E-state index contributed by atoms with van der Waals surface area (Å²) in [6.07, 6.45) is 0. The van der Waals surface area contributed by atoms with Crippen LogP contribution in [0.3, 0.4) is 0 Å². The Balaban J connectivity index is 1.16. The largest absolute Gasteiger partial charge is 0.310 e. The summed E-state index contributed by atoms with van der Waals surface area (Å²) in [5, 5.41) is 12.7. The molecule has 252 valence electrons. The van der Waals surface area contributed by atoms with Crippen LogP contribution in [-0.2, 0) is 0 Å². The van der Waals surface area contributed by atoms with Crippen LogP contribution in [0.2, 0.25) is 0 Å². The van der Waals surface area contributed by atoms with Gasteiger partial charge in [0, 0.05) is 31.5 Å². The zero-order valence-electron chi connectivity index (χ0n) is 29.4. The van der Waals surface area contributed by atoms with Crippen molar-refractivity contribution in [2.24, 2.45) is 0 Å². The van der Waals surface area contributed by atoms with Gasteiger partial charge in [0.15, 0.2) is 0 Å². The maximum Gasteiger partial charge on any atom is 0.0555 e. The van der Waals surface area contributed by atoms with Crippen LogP contribution in [0.4, 0.5) is 17.1 Å². The average Bonchev–Trinajstić information content (AvgIpc) is 3.64. The molecule has 0 radical (unpaired) electrons. The number of hydrogen-bond donors (Lipinski definition) is 0. The lowest BCUT2D eigenvalue weighted by molar-refractivity contribution is 1.31. The highest BCUT2D eigenvalue weighted by atomic mass is 32.1. The highest BCUT2D eigenvalue weighted by Crippen LogP contribution is 2.49. The van der Waals surface area contributed by atoms with Gasteiger partial charge in [-0.3, -0.25) is 0 Å². The Morgan fingerprint density at radius 3 is 1.70 bits per heavy atom. The molecule has 0 aliphatic rings. The number of hydrogen-bond acceptors (Lipinski definition) is 2. The predicted molar refractivity (Wildman–Crippen MR) is 235 cm³/mol. The number of anilines is 3. The van der Waals surface area contributed by atoms with Gasteiger partial charge in [-0.05, 0) is 108 Å². The van der Waals surface area contributed by atoms with Crippen LogP contribution in [0.1, 0.15) is 0 Å². The van der Waals surface area contributed by atoms with Crippen LogP contribution < -0.4 is 4.90 Å². The van der Waals surface area contributed by atoms with Crippen molar-refractivity contribution in [3.8, 4) is 22.3 Å². The molecule has 0 atom stereocenters. The fraction of sp³-hybridized carbons (Fsp3) is 0. The molecule has 11 aromatic rings. The van der Waals surface area contributed by atoms with Crippen LogP contribution in [0.15, 0.2) is 200 Å². The summed E-state index contributed by atoms with van der Waals surface area (Å²) in [5.74, 6) is 0. The first-order chi connectivity index (χ1) is 26.8. The van der Waals surface area contributed by atoms with Crippen molar-refractivity contribution < 1.29 is 0 Å². The Bertz CT molecular complexity index is 3210. The highest BCUT2D eigenvalue weighted by Gasteiger charge is 2.22. The predicted octanol–water partition coefficient (Wildman–Crippen LogP) is 15.5. The fourth-order valence-corrected chi connectivity index (χ4v) is 9.74. The van der Waals surface area contributed by atoms with Gasteiger partial charge in [0.2, 0.25) is 0 Å². The minimum absolute atomic E-state index is 1.12. The zero-order valence-corrected chi connectivity index (χ0v) is 30.2. The smallest absolute Gasteiger partial charge is 0.0555 e. The molecular weight excluding hydrogens is 671 g/mol. The average molecular weight is 704 g/mol. The molecular formula is C52H33NS. The van der Waals surface area contributed by atoms with E-state index < -0.39 is 0 Å². The number of fused-ring (bicyclic) bond motifs is 9. The van der Waals surface area contributed by atoms with Gasteiger partial charge in [-0.1, -0.05) is 158 Å². The van der Waals surface area contributed by atoms with Gasteiger partial charge in [0.1, 0.15) is 0 Å². The Morgan fingerprint density at radius 1 is 0.333 bits per heavy atom. The van der Waals surface area contributed by atoms with Crippen molar-refractivity contribution in [3.63, 3.8) is 0 Å². The lowest BCUT2D eigenvalue weighted by Crippen LogP contribution is -2.10. The molecule has 54 heavy (non-hydrogen) atoms. The molecule has 10 aromatic carbocycles. The van der Waals surface area contributed by atoms with Crippen LogP contribution in [0, 0.1) is 0 Å². The highest BCUT2D eigenvalue weighted by molar-refractivity contribution is 7.26. The van der Waals surface area contributed by atoms with E-state index in [1.165, 1.54) is 91.2 Å². The molecule has 0 saturated heterocycles. The summed E-state index contributed by atoms with van der Waals surface area (Å²) in [5.41, 5.74) is 8.37. The second kappa shape index (κ2) is 12.4. The van der Waals surface area contributed by atoms with Crippen molar-refractivity contribution in [3.05, 3.63) is 200 Å². The second-order valence-corrected chi connectivity index (χ2v) is 15.1. The summed E-state index contributed by atoms with van der Waals surface area (Å²) in [6, 6.07) is 73.5. The van der Waals surface area contributed by atoms with E-state index in [1.807, 2.05) is 11.3 Å². The molecule has 2 heteroatoms. The third kappa shape index (κ3) is 4.92. The first kappa shape index (κ1) is 30.8. The zero-order chi connectivity index (χ0) is 35.6. The minimum Gasteiger partial charge on any atom is -0.310 e. The summed E-state index contributed by atoms with van der Waals surface area (Å²) in [7, 11) is 0. The van der Waals surface area contributed by atoms with Crippen molar-refractivity contribution >= 4 is 91.7 Å². The van der Waals surface area contributed by atoms with Crippen LogP contribution in [0.25, 0.3) is 85.5 Å². The molecule has 0 spiro atoms. The van der Waals surface area contributed by atoms with E-state index >= 15 is 0 Å². The first-order valence-corrected chi connectivity index (χ1v) is 19.3. The van der Waals surface area contributed by atoms with Gasteiger partial charge in [0.05, 0.1) is 5.69 Å². The quantitative estimate of drug-likeness (QED) is 0.161. The Kier molecular flexibility index (Phi) is 7.11. The first-order valence-electron chi connectivity index (χ1n) is 18.5. The topological polar surface area (TPSA) is 3.24 Å². The molecule has 1 aromatic heterocycles. The molecule has 1 heterocycles. The SMILES string of the molecule is c1ccc(-c2ccc(N(c3ccc(-c4cc5ccccc5c5ccccc45)cc3)c3ccc4ccc5ccccc5c4c3)c3c2sc2ccccc23)cc1. The number of nitrogens with zero attached hydrogens (tertiary/aromatic N) is 1. The summed E-state index contributed by atoms with van der Waals surface area (Å²) >= 11 is 1.88. The standard InChI is InChI=1S/C52H33NS/c1-2-12-34(13-3-1)43-30-31-49(51-46-20-10-11-21-50(46)54-52(43)51)53(40-29-26-36-23-22-35-14-4-6-16-41(35)48(36)33-40)39-27-24-37(25-28-39)47-32-38-15-5-7-17-42(38)44-18-8-9-19-45(44)47/h1-33H. The van der Waals surface area contributed by atoms with E-state index in [2.05, 4.69) is 205 Å². The van der Waals surface area contributed by atoms with Crippen molar-refractivity contribution in [1.29, 1.82) is 0 Å². The lowest BCUT2D eigenvalue weighted by atomic mass is 9.93. The van der Waals surface area contributed by atoms with E-state index in [0.717, 1.165) is 11.4 Å². The maximum absolute atomic E-state index is 2.47. The van der Waals surface area contributed by atoms with Gasteiger partial charge in [-0.25, -0.2) is 0 Å². The van der Waals surface area contributed by atoms with Crippen molar-refractivity contribution in [2.45, 2.75) is 0 Å². The molecule has 1 nitrogen and oxygen atoms in total. The maximum atomic E-state index is 2.47. The van der Waals surface area contributed by atoms with E-state index in [-0.39, 0.29) is 0 Å². The van der Waals surface area contributed by atoms with E-state index in [4.69, 9.17) is 0 Å². The molecule has 0 saturated carbocycles. The van der Waals surface area contributed by atoms with Crippen LogP contribution >= 0.6 is 11.3 Å². The van der Waals surface area contributed by atoms with E-state index in [1.54, 1.807) is 0 Å². The number of rotatable bonds is 5. The summed E-state index contributed by atoms with van der Waals surface area (Å²) < 4.78 is 2.59. The molecule has 0 N–H and O–H groups in total. The van der Waals surface area contributed by atoms with Crippen LogP contribution in [0.5, 0.6) is 0 Å². The third-order valence-electron chi connectivity index (χ3n) is 11.0. The normalized spacial score (nSPS) is 11.7. The monoisotopic (exact) mass is 703 g/mol.